The van der Waals surface area contributed by atoms with Gasteiger partial charge in [-0.15, -0.1) is 22.7 Å². The number of hydrogen-bond donors (Lipinski definition) is 0. The van der Waals surface area contributed by atoms with Crippen molar-refractivity contribution in [3.05, 3.63) is 46.3 Å². The Morgan fingerprint density at radius 2 is 2.25 bits per heavy atom. The molecular formula is C15H14F2N4OS2. The fraction of sp³-hybridized carbons (Fsp3) is 0.267. The monoisotopic (exact) mass is 368 g/mol. The fourth-order valence-electron chi connectivity index (χ4n) is 2.20. The predicted octanol–water partition coefficient (Wildman–Crippen LogP) is 4.04. The fourth-order valence-corrected chi connectivity index (χ4v) is 4.06. The van der Waals surface area contributed by atoms with Crippen LogP contribution in [0.1, 0.15) is 27.7 Å². The van der Waals surface area contributed by atoms with Gasteiger partial charge in [0.25, 0.3) is 5.91 Å². The highest BCUT2D eigenvalue weighted by molar-refractivity contribution is 7.22. The molecule has 0 aliphatic heterocycles. The molecule has 0 aliphatic carbocycles. The number of thiazole rings is 1. The number of aromatic nitrogens is 3. The Hall–Kier alpha value is -2.13. The van der Waals surface area contributed by atoms with Gasteiger partial charge < -0.3 is 4.90 Å². The van der Waals surface area contributed by atoms with Crippen molar-refractivity contribution in [2.24, 2.45) is 0 Å². The molecule has 5 nitrogen and oxygen atoms in total. The molecule has 0 aliphatic rings. The molecule has 0 aromatic carbocycles. The van der Waals surface area contributed by atoms with E-state index < -0.39 is 6.55 Å². The molecule has 3 rings (SSSR count). The van der Waals surface area contributed by atoms with Gasteiger partial charge in [-0.25, -0.2) is 9.97 Å². The maximum absolute atomic E-state index is 12.9. The Bertz CT molecular complexity index is 842. The van der Waals surface area contributed by atoms with Crippen molar-refractivity contribution in [3.8, 4) is 9.88 Å². The van der Waals surface area contributed by atoms with Crippen LogP contribution in [0.3, 0.4) is 0 Å². The van der Waals surface area contributed by atoms with Gasteiger partial charge in [0.05, 0.1) is 17.1 Å². The van der Waals surface area contributed by atoms with Crippen molar-refractivity contribution < 1.29 is 13.6 Å². The quantitative estimate of drug-likeness (QED) is 0.683. The zero-order valence-corrected chi connectivity index (χ0v) is 14.6. The topological polar surface area (TPSA) is 51.0 Å². The smallest absolute Gasteiger partial charge is 0.319 e. The molecule has 3 aromatic rings. The van der Waals surface area contributed by atoms with Crippen LogP contribution in [0.4, 0.5) is 8.78 Å². The van der Waals surface area contributed by atoms with Crippen molar-refractivity contribution in [2.45, 2.75) is 20.0 Å². The van der Waals surface area contributed by atoms with Gasteiger partial charge in [-0.3, -0.25) is 9.36 Å². The van der Waals surface area contributed by atoms with E-state index in [2.05, 4.69) is 9.97 Å². The van der Waals surface area contributed by atoms with Gasteiger partial charge in [0.2, 0.25) is 0 Å². The highest BCUT2D eigenvalue weighted by atomic mass is 32.1. The first-order chi connectivity index (χ1) is 11.5. The first-order valence-electron chi connectivity index (χ1n) is 7.04. The second-order valence-corrected chi connectivity index (χ2v) is 7.05. The third kappa shape index (κ3) is 3.22. The van der Waals surface area contributed by atoms with E-state index in [1.54, 1.807) is 25.3 Å². The number of carbonyl (C=O) groups excluding carboxylic acids is 1. The zero-order valence-electron chi connectivity index (χ0n) is 12.9. The van der Waals surface area contributed by atoms with E-state index >= 15 is 0 Å². The van der Waals surface area contributed by atoms with Gasteiger partial charge in [0.1, 0.15) is 15.7 Å². The first-order valence-corrected chi connectivity index (χ1v) is 8.73. The van der Waals surface area contributed by atoms with E-state index in [1.807, 2.05) is 17.5 Å². The molecular weight excluding hydrogens is 354 g/mol. The summed E-state index contributed by atoms with van der Waals surface area (Å²) in [6.07, 6.45) is 2.50. The van der Waals surface area contributed by atoms with Crippen LogP contribution >= 0.6 is 22.7 Å². The second-order valence-electron chi connectivity index (χ2n) is 5.10. The van der Waals surface area contributed by atoms with E-state index in [4.69, 9.17) is 0 Å². The molecule has 0 N–H and O–H groups in total. The summed E-state index contributed by atoms with van der Waals surface area (Å²) in [5, 5.41) is 2.73. The molecule has 0 saturated carbocycles. The number of thiophene rings is 1. The Morgan fingerprint density at radius 1 is 1.46 bits per heavy atom. The number of amides is 1. The number of halogens is 2. The Morgan fingerprint density at radius 3 is 2.92 bits per heavy atom. The lowest BCUT2D eigenvalue weighted by molar-refractivity contribution is 0.0613. The van der Waals surface area contributed by atoms with Gasteiger partial charge >= 0.3 is 6.55 Å². The molecule has 0 unspecified atom stereocenters. The minimum Gasteiger partial charge on any atom is -0.333 e. The third-order valence-corrected chi connectivity index (χ3v) is 5.59. The van der Waals surface area contributed by atoms with Crippen LogP contribution in [0.5, 0.6) is 0 Å². The van der Waals surface area contributed by atoms with E-state index in [0.29, 0.717) is 10.6 Å². The van der Waals surface area contributed by atoms with E-state index in [9.17, 15) is 13.6 Å². The Kier molecular flexibility index (Phi) is 4.72. The second kappa shape index (κ2) is 6.78. The van der Waals surface area contributed by atoms with Crippen molar-refractivity contribution in [2.75, 3.05) is 7.05 Å². The molecule has 3 aromatic heterocycles. The van der Waals surface area contributed by atoms with E-state index in [-0.39, 0.29) is 18.3 Å². The summed E-state index contributed by atoms with van der Waals surface area (Å²) in [6, 6.07) is 3.87. The number of carbonyl (C=O) groups is 1. The molecule has 1 amide bonds. The van der Waals surface area contributed by atoms with Gasteiger partial charge in [0, 0.05) is 19.4 Å². The Balaban J connectivity index is 1.80. The summed E-state index contributed by atoms with van der Waals surface area (Å²) in [4.78, 5) is 23.9. The minimum absolute atomic E-state index is 0.00183. The van der Waals surface area contributed by atoms with E-state index in [1.165, 1.54) is 28.6 Å². The molecule has 126 valence electrons. The summed E-state index contributed by atoms with van der Waals surface area (Å²) in [5.74, 6) is -0.113. The standard InChI is InChI=1S/C15H14F2N4OS2/c1-9-12(24-13(19-9)10-4-3-7-23-10)14(22)20(2)8-11-18-5-6-21(11)15(16)17/h3-7,15H,8H2,1-2H3. The van der Waals surface area contributed by atoms with Gasteiger partial charge in [-0.2, -0.15) is 8.78 Å². The van der Waals surface area contributed by atoms with Gasteiger partial charge in [-0.05, 0) is 18.4 Å². The third-order valence-electron chi connectivity index (χ3n) is 3.41. The molecule has 0 saturated heterocycles. The summed E-state index contributed by atoms with van der Waals surface area (Å²) in [7, 11) is 1.57. The van der Waals surface area contributed by atoms with Crippen molar-refractivity contribution >= 4 is 28.6 Å². The summed E-state index contributed by atoms with van der Waals surface area (Å²) < 4.78 is 26.5. The minimum atomic E-state index is -2.68. The molecule has 3 heterocycles. The number of alkyl halides is 2. The van der Waals surface area contributed by atoms with Crippen molar-refractivity contribution in [1.29, 1.82) is 0 Å². The van der Waals surface area contributed by atoms with Gasteiger partial charge in [0.15, 0.2) is 0 Å². The Labute approximate surface area is 145 Å². The number of hydrogen-bond acceptors (Lipinski definition) is 5. The lowest BCUT2D eigenvalue weighted by Gasteiger charge is -2.17. The maximum Gasteiger partial charge on any atom is 0.319 e. The highest BCUT2D eigenvalue weighted by Gasteiger charge is 2.22. The van der Waals surface area contributed by atoms with Crippen LogP contribution in [0.25, 0.3) is 9.88 Å². The van der Waals surface area contributed by atoms with Crippen LogP contribution in [-0.4, -0.2) is 32.4 Å². The maximum atomic E-state index is 12.9. The normalized spacial score (nSPS) is 11.2. The number of rotatable bonds is 5. The summed E-state index contributed by atoms with van der Waals surface area (Å²) >= 11 is 2.86. The first kappa shape index (κ1) is 16.7. The number of nitrogens with zero attached hydrogens (tertiary/aromatic N) is 4. The molecule has 0 fully saturated rings. The van der Waals surface area contributed by atoms with Crippen LogP contribution in [0.2, 0.25) is 0 Å². The zero-order chi connectivity index (χ0) is 17.3. The van der Waals surface area contributed by atoms with E-state index in [0.717, 1.165) is 14.5 Å². The average Bonchev–Trinajstić information content (AvgIpc) is 3.26. The molecule has 0 spiro atoms. The van der Waals surface area contributed by atoms with Crippen molar-refractivity contribution in [3.63, 3.8) is 0 Å². The summed E-state index contributed by atoms with van der Waals surface area (Å²) in [6.45, 7) is -0.905. The lowest BCUT2D eigenvalue weighted by atomic mass is 10.3. The van der Waals surface area contributed by atoms with Crippen LogP contribution < -0.4 is 0 Å². The molecule has 0 radical (unpaired) electrons. The average molecular weight is 368 g/mol. The molecule has 9 heteroatoms. The number of aryl methyl sites for hydroxylation is 1. The van der Waals surface area contributed by atoms with Crippen LogP contribution in [-0.2, 0) is 6.54 Å². The SMILES string of the molecule is Cc1nc(-c2cccs2)sc1C(=O)N(C)Cc1nccn1C(F)F. The van der Waals surface area contributed by atoms with Crippen LogP contribution in [0, 0.1) is 6.92 Å². The van der Waals surface area contributed by atoms with Crippen molar-refractivity contribution in [1.82, 2.24) is 19.4 Å². The van der Waals surface area contributed by atoms with Crippen LogP contribution in [0.15, 0.2) is 29.9 Å². The summed E-state index contributed by atoms with van der Waals surface area (Å²) in [5.41, 5.74) is 0.637. The lowest BCUT2D eigenvalue weighted by Crippen LogP contribution is -2.27. The predicted molar refractivity (Wildman–Crippen MR) is 89.4 cm³/mol. The highest BCUT2D eigenvalue weighted by Crippen LogP contribution is 2.31. The molecule has 0 atom stereocenters. The number of imidazole rings is 1. The van der Waals surface area contributed by atoms with Gasteiger partial charge in [-0.1, -0.05) is 6.07 Å². The molecule has 0 bridgehead atoms. The molecule has 24 heavy (non-hydrogen) atoms. The largest absolute Gasteiger partial charge is 0.333 e.